The molecule has 0 aliphatic carbocycles. The first-order valence-electron chi connectivity index (χ1n) is 9.52. The minimum atomic E-state index is -0.673. The van der Waals surface area contributed by atoms with E-state index in [0.717, 1.165) is 50.5 Å². The van der Waals surface area contributed by atoms with Crippen molar-refractivity contribution in [2.75, 3.05) is 26.2 Å². The van der Waals surface area contributed by atoms with E-state index in [9.17, 15) is 18.8 Å². The maximum Gasteiger partial charge on any atom is 0.326 e. The normalized spacial score (nSPS) is 22.7. The van der Waals surface area contributed by atoms with Gasteiger partial charge in [0.15, 0.2) is 0 Å². The minimum absolute atomic E-state index is 0.0232. The number of rotatable bonds is 3. The molecule has 1 amide bonds. The van der Waals surface area contributed by atoms with Gasteiger partial charge in [-0.25, -0.2) is 9.18 Å². The zero-order valence-electron chi connectivity index (χ0n) is 15.5. The molecule has 3 heterocycles. The van der Waals surface area contributed by atoms with Crippen molar-refractivity contribution >= 4 is 5.91 Å². The summed E-state index contributed by atoms with van der Waals surface area (Å²) in [6.45, 7) is 3.84. The zero-order chi connectivity index (χ0) is 19.7. The first-order valence-corrected chi connectivity index (χ1v) is 9.52. The molecule has 0 bridgehead atoms. The lowest BCUT2D eigenvalue weighted by Gasteiger charge is -2.40. The quantitative estimate of drug-likeness (QED) is 0.833. The van der Waals surface area contributed by atoms with Gasteiger partial charge in [-0.3, -0.25) is 19.5 Å². The predicted octanol–water partition coefficient (Wildman–Crippen LogP) is 1.33. The van der Waals surface area contributed by atoms with Crippen LogP contribution in [0, 0.1) is 11.2 Å². The molecule has 148 valence electrons. The summed E-state index contributed by atoms with van der Waals surface area (Å²) in [5, 5.41) is 0. The van der Waals surface area contributed by atoms with Crippen molar-refractivity contribution in [3.05, 3.63) is 68.2 Å². The van der Waals surface area contributed by atoms with Gasteiger partial charge in [-0.2, -0.15) is 0 Å². The van der Waals surface area contributed by atoms with Crippen LogP contribution in [0.4, 0.5) is 4.39 Å². The number of hydrogen-bond donors (Lipinski definition) is 2. The van der Waals surface area contributed by atoms with Gasteiger partial charge in [-0.15, -0.1) is 0 Å². The van der Waals surface area contributed by atoms with E-state index < -0.39 is 11.2 Å². The molecule has 2 N–H and O–H groups in total. The number of halogens is 1. The molecule has 0 radical (unpaired) electrons. The zero-order valence-corrected chi connectivity index (χ0v) is 15.5. The molecule has 2 aromatic rings. The molecule has 2 aliphatic heterocycles. The highest BCUT2D eigenvalue weighted by molar-refractivity contribution is 5.92. The Morgan fingerprint density at radius 3 is 2.61 bits per heavy atom. The van der Waals surface area contributed by atoms with Crippen LogP contribution in [0.25, 0.3) is 0 Å². The first kappa shape index (κ1) is 18.6. The molecule has 7 nitrogen and oxygen atoms in total. The second-order valence-corrected chi connectivity index (χ2v) is 7.92. The smallest absolute Gasteiger partial charge is 0.326 e. The Labute approximate surface area is 161 Å². The third-order valence-corrected chi connectivity index (χ3v) is 5.78. The molecule has 1 atom stereocenters. The fourth-order valence-electron chi connectivity index (χ4n) is 4.49. The van der Waals surface area contributed by atoms with Crippen LogP contribution in [0.1, 0.15) is 35.3 Å². The summed E-state index contributed by atoms with van der Waals surface area (Å²) in [5.74, 6) is -0.544. The van der Waals surface area contributed by atoms with Crippen molar-refractivity contribution in [1.82, 2.24) is 19.8 Å². The van der Waals surface area contributed by atoms with Gasteiger partial charge in [-0.1, -0.05) is 12.1 Å². The number of H-pyrrole nitrogens is 2. The molecule has 4 rings (SSSR count). The molecule has 0 unspecified atom stereocenters. The Morgan fingerprint density at radius 2 is 1.86 bits per heavy atom. The van der Waals surface area contributed by atoms with Crippen molar-refractivity contribution in [1.29, 1.82) is 0 Å². The summed E-state index contributed by atoms with van der Waals surface area (Å²) in [6.07, 6.45) is 2.99. The van der Waals surface area contributed by atoms with E-state index in [1.165, 1.54) is 12.1 Å². The highest BCUT2D eigenvalue weighted by Gasteiger charge is 2.43. The summed E-state index contributed by atoms with van der Waals surface area (Å²) >= 11 is 0. The SMILES string of the molecule is O=C(c1cc(=O)[nH]c(=O)[nH]1)N1CC[C@@]2(CCCN(Cc3ccc(F)cc3)C2)C1. The molecule has 28 heavy (non-hydrogen) atoms. The van der Waals surface area contributed by atoms with Gasteiger partial charge < -0.3 is 9.88 Å². The number of nitrogens with zero attached hydrogens (tertiary/aromatic N) is 2. The molecule has 2 fully saturated rings. The first-order chi connectivity index (χ1) is 13.4. The van der Waals surface area contributed by atoms with Crippen LogP contribution in [0.3, 0.4) is 0 Å². The maximum atomic E-state index is 13.1. The van der Waals surface area contributed by atoms with Crippen LogP contribution in [-0.4, -0.2) is 51.9 Å². The number of hydrogen-bond acceptors (Lipinski definition) is 4. The van der Waals surface area contributed by atoms with Crippen molar-refractivity contribution in [3.8, 4) is 0 Å². The van der Waals surface area contributed by atoms with Crippen LogP contribution in [0.5, 0.6) is 0 Å². The Kier molecular flexibility index (Phi) is 4.89. The molecule has 2 aliphatic rings. The Bertz CT molecular complexity index is 956. The standard InChI is InChI=1S/C20H23FN4O3/c21-15-4-2-14(3-5-15)11-24-8-1-6-20(12-24)7-9-25(13-20)18(27)16-10-17(26)23-19(28)22-16/h2-5,10H,1,6-9,11-13H2,(H2,22,23,26,28)/t20-/m1/s1. The van der Waals surface area contributed by atoms with Crippen molar-refractivity contribution < 1.29 is 9.18 Å². The molecular weight excluding hydrogens is 363 g/mol. The van der Waals surface area contributed by atoms with Crippen LogP contribution in [0.15, 0.2) is 39.9 Å². The van der Waals surface area contributed by atoms with Gasteiger partial charge in [0.25, 0.3) is 11.5 Å². The van der Waals surface area contributed by atoms with Gasteiger partial charge in [-0.05, 0) is 43.5 Å². The third-order valence-electron chi connectivity index (χ3n) is 5.78. The number of carbonyl (C=O) groups excluding carboxylic acids is 1. The topological polar surface area (TPSA) is 89.3 Å². The van der Waals surface area contributed by atoms with Crippen LogP contribution >= 0.6 is 0 Å². The van der Waals surface area contributed by atoms with Crippen molar-refractivity contribution in [2.45, 2.75) is 25.8 Å². The van der Waals surface area contributed by atoms with E-state index >= 15 is 0 Å². The van der Waals surface area contributed by atoms with E-state index in [-0.39, 0.29) is 22.8 Å². The maximum absolute atomic E-state index is 13.1. The van der Waals surface area contributed by atoms with Gasteiger partial charge in [0.05, 0.1) is 0 Å². The molecule has 2 saturated heterocycles. The van der Waals surface area contributed by atoms with Crippen molar-refractivity contribution in [3.63, 3.8) is 0 Å². The second-order valence-electron chi connectivity index (χ2n) is 7.92. The van der Waals surface area contributed by atoms with E-state index in [2.05, 4.69) is 14.9 Å². The molecule has 1 aromatic carbocycles. The Balaban J connectivity index is 1.44. The summed E-state index contributed by atoms with van der Waals surface area (Å²) in [6, 6.07) is 7.71. The summed E-state index contributed by atoms with van der Waals surface area (Å²) in [4.78, 5) is 44.3. The number of carbonyl (C=O) groups is 1. The average Bonchev–Trinajstić information content (AvgIpc) is 3.05. The molecule has 0 saturated carbocycles. The van der Waals surface area contributed by atoms with Crippen LogP contribution < -0.4 is 11.2 Å². The Morgan fingerprint density at radius 1 is 1.07 bits per heavy atom. The lowest BCUT2D eigenvalue weighted by Crippen LogP contribution is -2.45. The fourth-order valence-corrected chi connectivity index (χ4v) is 4.49. The highest BCUT2D eigenvalue weighted by Crippen LogP contribution is 2.39. The molecule has 1 aromatic heterocycles. The number of amides is 1. The van der Waals surface area contributed by atoms with E-state index in [4.69, 9.17) is 0 Å². The Hall–Kier alpha value is -2.74. The molecule has 8 heteroatoms. The lowest BCUT2D eigenvalue weighted by molar-refractivity contribution is 0.0670. The van der Waals surface area contributed by atoms with Crippen molar-refractivity contribution in [2.24, 2.45) is 5.41 Å². The average molecular weight is 386 g/mol. The lowest BCUT2D eigenvalue weighted by atomic mass is 9.79. The van der Waals surface area contributed by atoms with Crippen LogP contribution in [-0.2, 0) is 6.54 Å². The minimum Gasteiger partial charge on any atom is -0.337 e. The summed E-state index contributed by atoms with van der Waals surface area (Å²) in [7, 11) is 0. The predicted molar refractivity (Wildman–Crippen MR) is 102 cm³/mol. The number of aromatic nitrogens is 2. The largest absolute Gasteiger partial charge is 0.337 e. The molecular formula is C20H23FN4O3. The number of nitrogens with one attached hydrogen (secondary N) is 2. The number of piperidine rings is 1. The number of likely N-dealkylation sites (tertiary alicyclic amines) is 2. The van der Waals surface area contributed by atoms with Gasteiger partial charge in [0, 0.05) is 37.7 Å². The third kappa shape index (κ3) is 3.91. The highest BCUT2D eigenvalue weighted by atomic mass is 19.1. The summed E-state index contributed by atoms with van der Waals surface area (Å²) < 4.78 is 13.1. The van der Waals surface area contributed by atoms with Gasteiger partial charge in [0.1, 0.15) is 11.5 Å². The van der Waals surface area contributed by atoms with Gasteiger partial charge in [0.2, 0.25) is 0 Å². The van der Waals surface area contributed by atoms with Gasteiger partial charge >= 0.3 is 5.69 Å². The second kappa shape index (κ2) is 7.35. The summed E-state index contributed by atoms with van der Waals surface area (Å²) in [5.41, 5.74) is -0.123. The number of aromatic amines is 2. The monoisotopic (exact) mass is 386 g/mol. The number of benzene rings is 1. The fraction of sp³-hybridized carbons (Fsp3) is 0.450. The molecule has 1 spiro atoms. The van der Waals surface area contributed by atoms with E-state index in [0.29, 0.717) is 13.1 Å². The van der Waals surface area contributed by atoms with E-state index in [1.807, 2.05) is 12.1 Å². The van der Waals surface area contributed by atoms with E-state index in [1.54, 1.807) is 4.90 Å². The van der Waals surface area contributed by atoms with Crippen LogP contribution in [0.2, 0.25) is 0 Å².